The lowest BCUT2D eigenvalue weighted by molar-refractivity contribution is 0.246. The topological polar surface area (TPSA) is 89.6 Å². The van der Waals surface area contributed by atoms with E-state index in [0.29, 0.717) is 18.6 Å². The van der Waals surface area contributed by atoms with Crippen molar-refractivity contribution in [3.8, 4) is 11.5 Å². The molecule has 0 aliphatic carbocycles. The highest BCUT2D eigenvalue weighted by atomic mass is 32.2. The van der Waals surface area contributed by atoms with Gasteiger partial charge in [-0.25, -0.2) is 12.8 Å². The molecule has 1 aliphatic heterocycles. The lowest BCUT2D eigenvalue weighted by Crippen LogP contribution is -2.32. The van der Waals surface area contributed by atoms with Gasteiger partial charge in [0.25, 0.3) is 0 Å². The summed E-state index contributed by atoms with van der Waals surface area (Å²) in [4.78, 5) is 4.58. The van der Waals surface area contributed by atoms with E-state index < -0.39 is 21.1 Å². The summed E-state index contributed by atoms with van der Waals surface area (Å²) in [6.45, 7) is 7.26. The minimum atomic E-state index is -3.63. The number of ether oxygens (including phenoxy) is 2. The number of nitrogens with zero attached hydrogens (tertiary/aromatic N) is 1. The second kappa shape index (κ2) is 11.6. The Balaban J connectivity index is 1.63. The van der Waals surface area contributed by atoms with E-state index in [1.54, 1.807) is 19.9 Å². The van der Waals surface area contributed by atoms with Crippen LogP contribution >= 0.6 is 0 Å². The molecule has 4 rings (SSSR count). The summed E-state index contributed by atoms with van der Waals surface area (Å²) in [5.74, 6) is 0.585. The van der Waals surface area contributed by atoms with Gasteiger partial charge >= 0.3 is 0 Å². The van der Waals surface area contributed by atoms with Crippen LogP contribution in [0.4, 0.5) is 10.1 Å². The number of aromatic nitrogens is 1. The zero-order valence-electron chi connectivity index (χ0n) is 21.9. The number of fused-ring (bicyclic) bond motifs is 1. The molecular formula is C28H36FN3O4S. The number of hydrogen-bond acceptors (Lipinski definition) is 6. The van der Waals surface area contributed by atoms with Crippen LogP contribution in [0.25, 0.3) is 10.9 Å². The first-order chi connectivity index (χ1) is 17.7. The lowest BCUT2D eigenvalue weighted by atomic mass is 9.78. The Labute approximate surface area is 218 Å². The molecule has 7 nitrogen and oxygen atoms in total. The van der Waals surface area contributed by atoms with E-state index in [9.17, 15) is 8.42 Å². The van der Waals surface area contributed by atoms with Gasteiger partial charge in [-0.2, -0.15) is 0 Å². The fourth-order valence-corrected chi connectivity index (χ4v) is 5.62. The number of pyridine rings is 1. The van der Waals surface area contributed by atoms with Gasteiger partial charge in [-0.15, -0.1) is 0 Å². The zero-order chi connectivity index (χ0) is 26.6. The second-order valence-electron chi connectivity index (χ2n) is 9.88. The molecule has 3 aromatic rings. The standard InChI is InChI=1S/C28H36FN3O4S/c1-18(2)37(33,34)32-26-16-23(24(29)17-28(26)35-4)21(20-10-13-30-14-11-20)12-15-36-27-7-5-6-25-22(27)9-8-19(3)31-25/h5-9,16-18,20-21,30,32H,10-15H2,1-4H3. The molecule has 0 spiro atoms. The largest absolute Gasteiger partial charge is 0.494 e. The van der Waals surface area contributed by atoms with E-state index in [4.69, 9.17) is 9.47 Å². The first kappa shape index (κ1) is 27.1. The molecule has 0 bridgehead atoms. The molecule has 200 valence electrons. The number of halogens is 1. The van der Waals surface area contributed by atoms with Gasteiger partial charge in [-0.3, -0.25) is 9.71 Å². The SMILES string of the molecule is COc1cc(F)c(C(CCOc2cccc3nc(C)ccc23)C2CCNCC2)cc1NS(=O)(=O)C(C)C. The molecule has 1 aliphatic rings. The molecule has 9 heteroatoms. The number of nitrogens with one attached hydrogen (secondary N) is 2. The number of sulfonamides is 1. The van der Waals surface area contributed by atoms with Gasteiger partial charge in [0.05, 0.1) is 30.2 Å². The molecule has 1 fully saturated rings. The Bertz CT molecular complexity index is 1340. The molecule has 0 radical (unpaired) electrons. The third-order valence-electron chi connectivity index (χ3n) is 7.06. The fraction of sp³-hybridized carbons (Fsp3) is 0.464. The van der Waals surface area contributed by atoms with Crippen LogP contribution in [0.2, 0.25) is 0 Å². The lowest BCUT2D eigenvalue weighted by Gasteiger charge is -2.32. The van der Waals surface area contributed by atoms with Gasteiger partial charge in [-0.1, -0.05) is 6.07 Å². The first-order valence-electron chi connectivity index (χ1n) is 12.8. The van der Waals surface area contributed by atoms with Crippen molar-refractivity contribution in [2.75, 3.05) is 31.5 Å². The van der Waals surface area contributed by atoms with Gasteiger partial charge in [0, 0.05) is 17.1 Å². The summed E-state index contributed by atoms with van der Waals surface area (Å²) in [7, 11) is -2.23. The maximum Gasteiger partial charge on any atom is 0.235 e. The van der Waals surface area contributed by atoms with Crippen molar-refractivity contribution < 1.29 is 22.3 Å². The Morgan fingerprint density at radius 3 is 2.59 bits per heavy atom. The summed E-state index contributed by atoms with van der Waals surface area (Å²) in [6, 6.07) is 12.6. The molecule has 0 saturated carbocycles. The van der Waals surface area contributed by atoms with E-state index in [1.807, 2.05) is 37.3 Å². The summed E-state index contributed by atoms with van der Waals surface area (Å²) in [6.07, 6.45) is 2.39. The Morgan fingerprint density at radius 2 is 1.89 bits per heavy atom. The highest BCUT2D eigenvalue weighted by molar-refractivity contribution is 7.93. The van der Waals surface area contributed by atoms with Crippen molar-refractivity contribution in [3.63, 3.8) is 0 Å². The Hall–Kier alpha value is -2.91. The van der Waals surface area contributed by atoms with E-state index in [0.717, 1.165) is 48.3 Å². The second-order valence-corrected chi connectivity index (χ2v) is 12.1. The zero-order valence-corrected chi connectivity index (χ0v) is 22.7. The Kier molecular flexibility index (Phi) is 8.54. The van der Waals surface area contributed by atoms with Gasteiger partial charge in [0.15, 0.2) is 0 Å². The summed E-state index contributed by atoms with van der Waals surface area (Å²) < 4.78 is 54.8. The molecule has 1 unspecified atom stereocenters. The smallest absolute Gasteiger partial charge is 0.235 e. The highest BCUT2D eigenvalue weighted by Gasteiger charge is 2.29. The quantitative estimate of drug-likeness (QED) is 0.366. The predicted octanol–water partition coefficient (Wildman–Crippen LogP) is 5.39. The molecule has 37 heavy (non-hydrogen) atoms. The van der Waals surface area contributed by atoms with Crippen molar-refractivity contribution in [2.24, 2.45) is 5.92 Å². The van der Waals surface area contributed by atoms with E-state index in [-0.39, 0.29) is 23.3 Å². The minimum absolute atomic E-state index is 0.148. The van der Waals surface area contributed by atoms with Crippen LogP contribution in [0.1, 0.15) is 50.3 Å². The van der Waals surface area contributed by atoms with E-state index >= 15 is 4.39 Å². The van der Waals surface area contributed by atoms with Crippen LogP contribution in [0.15, 0.2) is 42.5 Å². The van der Waals surface area contributed by atoms with Crippen molar-refractivity contribution >= 4 is 26.6 Å². The van der Waals surface area contributed by atoms with Crippen LogP contribution in [0, 0.1) is 18.7 Å². The average molecular weight is 530 g/mol. The van der Waals surface area contributed by atoms with Crippen molar-refractivity contribution in [1.82, 2.24) is 10.3 Å². The van der Waals surface area contributed by atoms with Crippen LogP contribution < -0.4 is 19.5 Å². The molecule has 0 amide bonds. The monoisotopic (exact) mass is 529 g/mol. The third kappa shape index (κ3) is 6.33. The van der Waals surface area contributed by atoms with Crippen molar-refractivity contribution in [2.45, 2.75) is 51.2 Å². The fourth-order valence-electron chi connectivity index (χ4n) is 4.92. The molecule has 1 atom stereocenters. The van der Waals surface area contributed by atoms with Gasteiger partial charge < -0.3 is 14.8 Å². The van der Waals surface area contributed by atoms with Gasteiger partial charge in [0.1, 0.15) is 17.3 Å². The number of benzene rings is 2. The van der Waals surface area contributed by atoms with Crippen LogP contribution in [-0.4, -0.2) is 45.5 Å². The normalized spacial score (nSPS) is 15.6. The highest BCUT2D eigenvalue weighted by Crippen LogP contribution is 2.40. The van der Waals surface area contributed by atoms with Gasteiger partial charge in [0.2, 0.25) is 10.0 Å². The molecular weight excluding hydrogens is 493 g/mol. The third-order valence-corrected chi connectivity index (χ3v) is 8.81. The van der Waals surface area contributed by atoms with Gasteiger partial charge in [-0.05, 0) is 101 Å². The maximum absolute atomic E-state index is 15.5. The molecule has 1 saturated heterocycles. The average Bonchev–Trinajstić information content (AvgIpc) is 2.87. The minimum Gasteiger partial charge on any atom is -0.494 e. The summed E-state index contributed by atoms with van der Waals surface area (Å²) in [5.41, 5.74) is 2.54. The number of rotatable bonds is 10. The molecule has 2 heterocycles. The van der Waals surface area contributed by atoms with Crippen LogP contribution in [-0.2, 0) is 10.0 Å². The molecule has 2 aromatic carbocycles. The van der Waals surface area contributed by atoms with Crippen molar-refractivity contribution in [3.05, 3.63) is 59.5 Å². The Morgan fingerprint density at radius 1 is 1.14 bits per heavy atom. The van der Waals surface area contributed by atoms with Crippen LogP contribution in [0.5, 0.6) is 11.5 Å². The number of anilines is 1. The number of methoxy groups -OCH3 is 1. The number of piperidine rings is 1. The number of aryl methyl sites for hydroxylation is 1. The van der Waals surface area contributed by atoms with E-state index in [2.05, 4.69) is 15.0 Å². The summed E-state index contributed by atoms with van der Waals surface area (Å²) in [5, 5.41) is 3.67. The maximum atomic E-state index is 15.5. The first-order valence-corrected chi connectivity index (χ1v) is 14.3. The molecule has 2 N–H and O–H groups in total. The summed E-state index contributed by atoms with van der Waals surface area (Å²) >= 11 is 0. The van der Waals surface area contributed by atoms with Crippen molar-refractivity contribution in [1.29, 1.82) is 0 Å². The molecule has 1 aromatic heterocycles. The predicted molar refractivity (Wildman–Crippen MR) is 146 cm³/mol. The van der Waals surface area contributed by atoms with E-state index in [1.165, 1.54) is 13.2 Å². The number of hydrogen-bond donors (Lipinski definition) is 2. The van der Waals surface area contributed by atoms with Crippen LogP contribution in [0.3, 0.4) is 0 Å².